The molecule has 0 aliphatic heterocycles. The minimum absolute atomic E-state index is 0.223. The first-order valence-corrected chi connectivity index (χ1v) is 7.95. The molecule has 0 amide bonds. The lowest BCUT2D eigenvalue weighted by Crippen LogP contribution is -2.00. The average molecular weight is 414 g/mol. The Balaban J connectivity index is 2.40. The van der Waals surface area contributed by atoms with Gasteiger partial charge in [0.15, 0.2) is 0 Å². The van der Waals surface area contributed by atoms with Gasteiger partial charge in [-0.2, -0.15) is 0 Å². The zero-order chi connectivity index (χ0) is 14.3. The number of carboxylic acid groups (broad SMARTS) is 1. The highest BCUT2D eigenvalue weighted by Crippen LogP contribution is 2.33. The molecular formula is C13H6Br2N2O2S. The van der Waals surface area contributed by atoms with Crippen LogP contribution in [0.5, 0.6) is 0 Å². The molecule has 0 spiro atoms. The van der Waals surface area contributed by atoms with Crippen LogP contribution in [-0.2, 0) is 0 Å². The second-order valence-electron chi connectivity index (χ2n) is 4.01. The van der Waals surface area contributed by atoms with Crippen LogP contribution in [0.3, 0.4) is 0 Å². The third kappa shape index (κ3) is 2.36. The minimum atomic E-state index is -0.979. The van der Waals surface area contributed by atoms with Crippen molar-refractivity contribution in [3.05, 3.63) is 44.4 Å². The first kappa shape index (κ1) is 13.7. The van der Waals surface area contributed by atoms with Crippen molar-refractivity contribution in [3.8, 4) is 10.6 Å². The van der Waals surface area contributed by atoms with Crippen LogP contribution < -0.4 is 0 Å². The molecule has 0 fully saturated rings. The molecule has 0 atom stereocenters. The number of thiazole rings is 1. The summed E-state index contributed by atoms with van der Waals surface area (Å²) in [6.07, 6.45) is 1.68. The molecule has 7 heteroatoms. The third-order valence-corrected chi connectivity index (χ3v) is 4.60. The molecule has 20 heavy (non-hydrogen) atoms. The van der Waals surface area contributed by atoms with E-state index in [-0.39, 0.29) is 5.56 Å². The number of pyridine rings is 1. The molecule has 0 saturated heterocycles. The van der Waals surface area contributed by atoms with Gasteiger partial charge in [0.05, 0.1) is 27.2 Å². The second kappa shape index (κ2) is 5.23. The third-order valence-electron chi connectivity index (χ3n) is 2.75. The largest absolute Gasteiger partial charge is 0.478 e. The summed E-state index contributed by atoms with van der Waals surface area (Å²) in [5.41, 5.74) is 3.15. The van der Waals surface area contributed by atoms with E-state index < -0.39 is 5.97 Å². The van der Waals surface area contributed by atoms with Crippen molar-refractivity contribution < 1.29 is 9.90 Å². The summed E-state index contributed by atoms with van der Waals surface area (Å²) in [5, 5.41) is 10.0. The summed E-state index contributed by atoms with van der Waals surface area (Å²) in [6, 6.07) is 5.18. The molecule has 1 N–H and O–H groups in total. The normalized spacial score (nSPS) is 10.9. The summed E-state index contributed by atoms with van der Waals surface area (Å²) in [4.78, 5) is 20.9. The van der Waals surface area contributed by atoms with Crippen LogP contribution in [0.15, 0.2) is 38.9 Å². The highest BCUT2D eigenvalue weighted by Gasteiger charge is 2.16. The van der Waals surface area contributed by atoms with Gasteiger partial charge < -0.3 is 5.11 Å². The monoisotopic (exact) mass is 412 g/mol. The van der Waals surface area contributed by atoms with Gasteiger partial charge in [-0.05, 0) is 34.1 Å². The number of carbonyl (C=O) groups is 1. The van der Waals surface area contributed by atoms with E-state index in [9.17, 15) is 9.90 Å². The highest BCUT2D eigenvalue weighted by atomic mass is 79.9. The molecule has 3 aromatic rings. The zero-order valence-corrected chi connectivity index (χ0v) is 13.8. The molecule has 4 nitrogen and oxygen atoms in total. The molecule has 0 aliphatic rings. The molecule has 2 aromatic heterocycles. The number of halogens is 2. The topological polar surface area (TPSA) is 63.1 Å². The SMILES string of the molecule is O=C(O)c1cc(-c2cncs2)nc2c(Br)cc(Br)cc12. The molecule has 0 radical (unpaired) electrons. The number of carboxylic acids is 1. The number of hydrogen-bond donors (Lipinski definition) is 1. The molecule has 0 unspecified atom stereocenters. The summed E-state index contributed by atoms with van der Waals surface area (Å²) in [6.45, 7) is 0. The highest BCUT2D eigenvalue weighted by molar-refractivity contribution is 9.11. The predicted molar refractivity (Wildman–Crippen MR) is 85.2 cm³/mol. The van der Waals surface area contributed by atoms with Crippen LogP contribution in [0.4, 0.5) is 0 Å². The lowest BCUT2D eigenvalue weighted by Gasteiger charge is -2.08. The van der Waals surface area contributed by atoms with Crippen molar-refractivity contribution in [2.24, 2.45) is 0 Å². The number of rotatable bonds is 2. The number of benzene rings is 1. The van der Waals surface area contributed by atoms with Crippen molar-refractivity contribution in [2.75, 3.05) is 0 Å². The van der Waals surface area contributed by atoms with Gasteiger partial charge in [-0.15, -0.1) is 11.3 Å². The summed E-state index contributed by atoms with van der Waals surface area (Å²) >= 11 is 8.22. The Labute approximate surface area is 134 Å². The standard InChI is InChI=1S/C13H6Br2N2O2S/c14-6-1-7-8(13(18)19)3-10(11-4-16-5-20-11)17-12(7)9(15)2-6/h1-5H,(H,18,19). The number of aromatic carboxylic acids is 1. The fourth-order valence-corrected chi connectivity index (χ4v) is 3.79. The fraction of sp³-hybridized carbons (Fsp3) is 0. The van der Waals surface area contributed by atoms with Crippen LogP contribution in [0.2, 0.25) is 0 Å². The van der Waals surface area contributed by atoms with Gasteiger partial charge in [-0.1, -0.05) is 15.9 Å². The summed E-state index contributed by atoms with van der Waals surface area (Å²) < 4.78 is 1.54. The fourth-order valence-electron chi connectivity index (χ4n) is 1.90. The second-order valence-corrected chi connectivity index (χ2v) is 6.67. The molecule has 0 saturated carbocycles. The Hall–Kier alpha value is -1.31. The van der Waals surface area contributed by atoms with E-state index in [1.165, 1.54) is 11.3 Å². The maximum absolute atomic E-state index is 11.5. The summed E-state index contributed by atoms with van der Waals surface area (Å²) in [7, 11) is 0. The smallest absolute Gasteiger partial charge is 0.336 e. The number of aromatic nitrogens is 2. The number of hydrogen-bond acceptors (Lipinski definition) is 4. The van der Waals surface area contributed by atoms with E-state index in [4.69, 9.17) is 0 Å². The van der Waals surface area contributed by atoms with Gasteiger partial charge in [0.25, 0.3) is 0 Å². The van der Waals surface area contributed by atoms with Gasteiger partial charge >= 0.3 is 5.97 Å². The first-order valence-electron chi connectivity index (χ1n) is 5.48. The maximum Gasteiger partial charge on any atom is 0.336 e. The van der Waals surface area contributed by atoms with E-state index in [0.717, 1.165) is 13.8 Å². The molecule has 0 bridgehead atoms. The van der Waals surface area contributed by atoms with E-state index in [0.29, 0.717) is 16.6 Å². The molecule has 2 heterocycles. The van der Waals surface area contributed by atoms with Crippen molar-refractivity contribution in [3.63, 3.8) is 0 Å². The van der Waals surface area contributed by atoms with E-state index in [1.54, 1.807) is 23.8 Å². The lowest BCUT2D eigenvalue weighted by molar-refractivity contribution is 0.0699. The van der Waals surface area contributed by atoms with Crippen molar-refractivity contribution in [1.29, 1.82) is 0 Å². The van der Waals surface area contributed by atoms with Gasteiger partial charge in [0.1, 0.15) is 0 Å². The number of nitrogens with zero attached hydrogens (tertiary/aromatic N) is 2. The van der Waals surface area contributed by atoms with Crippen LogP contribution in [0.25, 0.3) is 21.5 Å². The van der Waals surface area contributed by atoms with Crippen molar-refractivity contribution in [2.45, 2.75) is 0 Å². The predicted octanol–water partition coefficient (Wildman–Crippen LogP) is 4.58. The van der Waals surface area contributed by atoms with Crippen LogP contribution in [0.1, 0.15) is 10.4 Å². The maximum atomic E-state index is 11.5. The Morgan fingerprint density at radius 2 is 2.05 bits per heavy atom. The van der Waals surface area contributed by atoms with Gasteiger partial charge in [0.2, 0.25) is 0 Å². The van der Waals surface area contributed by atoms with Gasteiger partial charge in [-0.25, -0.2) is 9.78 Å². The minimum Gasteiger partial charge on any atom is -0.478 e. The van der Waals surface area contributed by atoms with Crippen molar-refractivity contribution in [1.82, 2.24) is 9.97 Å². The van der Waals surface area contributed by atoms with Crippen LogP contribution in [0, 0.1) is 0 Å². The Morgan fingerprint density at radius 1 is 1.25 bits per heavy atom. The quantitative estimate of drug-likeness (QED) is 0.667. The van der Waals surface area contributed by atoms with Crippen LogP contribution >= 0.6 is 43.2 Å². The Bertz CT molecular complexity index is 819. The van der Waals surface area contributed by atoms with Gasteiger partial charge in [-0.3, -0.25) is 4.98 Å². The van der Waals surface area contributed by atoms with Crippen molar-refractivity contribution >= 4 is 60.1 Å². The van der Waals surface area contributed by atoms with Crippen LogP contribution in [-0.4, -0.2) is 21.0 Å². The average Bonchev–Trinajstić information content (AvgIpc) is 2.91. The zero-order valence-electron chi connectivity index (χ0n) is 9.80. The molecule has 3 rings (SSSR count). The molecular weight excluding hydrogens is 408 g/mol. The van der Waals surface area contributed by atoms with Gasteiger partial charge in [0, 0.05) is 20.5 Å². The number of fused-ring (bicyclic) bond motifs is 1. The Kier molecular flexibility index (Phi) is 3.57. The summed E-state index contributed by atoms with van der Waals surface area (Å²) in [5.74, 6) is -0.979. The van der Waals surface area contributed by atoms with E-state index in [1.807, 2.05) is 6.07 Å². The molecule has 0 aliphatic carbocycles. The van der Waals surface area contributed by atoms with E-state index >= 15 is 0 Å². The lowest BCUT2D eigenvalue weighted by atomic mass is 10.1. The first-order chi connectivity index (χ1) is 9.56. The van der Waals surface area contributed by atoms with E-state index in [2.05, 4.69) is 41.8 Å². The molecule has 1 aromatic carbocycles. The Morgan fingerprint density at radius 3 is 2.70 bits per heavy atom. The molecule has 100 valence electrons.